The average molecular weight is 437 g/mol. The van der Waals surface area contributed by atoms with Gasteiger partial charge < -0.3 is 19.9 Å². The van der Waals surface area contributed by atoms with Crippen molar-refractivity contribution in [1.29, 1.82) is 0 Å². The molecule has 8 nitrogen and oxygen atoms in total. The molecule has 3 aromatic rings. The quantitative estimate of drug-likeness (QED) is 0.589. The second kappa shape index (κ2) is 9.93. The van der Waals surface area contributed by atoms with E-state index in [2.05, 4.69) is 39.7 Å². The third-order valence-electron chi connectivity index (χ3n) is 5.72. The van der Waals surface area contributed by atoms with Crippen LogP contribution in [0.1, 0.15) is 39.2 Å². The van der Waals surface area contributed by atoms with E-state index in [1.54, 1.807) is 19.4 Å². The maximum Gasteiger partial charge on any atom is 0.270 e. The lowest BCUT2D eigenvalue weighted by Crippen LogP contribution is -2.49. The zero-order valence-corrected chi connectivity index (χ0v) is 18.3. The van der Waals surface area contributed by atoms with E-state index in [0.717, 1.165) is 28.8 Å². The minimum absolute atomic E-state index is 0.260. The lowest BCUT2D eigenvalue weighted by Gasteiger charge is -2.28. The summed E-state index contributed by atoms with van der Waals surface area (Å²) < 4.78 is 12.7. The number of hydrogen-bond donors (Lipinski definition) is 2. The molecule has 0 spiro atoms. The number of carbonyl (C=O) groups excluding carboxylic acids is 1. The molecule has 168 valence electrons. The van der Waals surface area contributed by atoms with Gasteiger partial charge in [0.2, 0.25) is 5.88 Å². The molecule has 1 fully saturated rings. The number of aliphatic hydroxyl groups excluding tert-OH is 1. The number of pyridine rings is 1. The van der Waals surface area contributed by atoms with Crippen LogP contribution < -0.4 is 10.1 Å². The number of ether oxygens (including phenoxy) is 2. The minimum Gasteiger partial charge on any atom is -0.481 e. The number of amides is 1. The molecule has 8 heteroatoms. The number of nitrogens with one attached hydrogen (secondary N) is 1. The molecule has 2 atom stereocenters. The molecule has 2 aromatic heterocycles. The summed E-state index contributed by atoms with van der Waals surface area (Å²) in [6, 6.07) is 11.6. The van der Waals surface area contributed by atoms with E-state index in [1.807, 2.05) is 23.9 Å². The summed E-state index contributed by atoms with van der Waals surface area (Å²) >= 11 is 0. The predicted molar refractivity (Wildman–Crippen MR) is 119 cm³/mol. The standard InChI is InChI=1S/C24H28N4O4/c1-16-19(12-17-4-6-18(7-5-17)14-28-10-3-9-25-28)13-20(27-24(16)31-2)23(30)26-21-15-32-11-8-22(21)29/h3-7,9-10,13,21-22,29H,8,11-12,14-15H2,1-2H3,(H,26,30)/t21-,22-/m0/s1. The van der Waals surface area contributed by atoms with Gasteiger partial charge in [-0.15, -0.1) is 0 Å². The van der Waals surface area contributed by atoms with E-state index in [0.29, 0.717) is 25.3 Å². The number of rotatable bonds is 7. The number of benzene rings is 1. The SMILES string of the molecule is COc1nc(C(=O)N[C@H]2COCC[C@@H]2O)cc(Cc2ccc(Cn3cccn3)cc2)c1C. The van der Waals surface area contributed by atoms with Crippen LogP contribution in [0.25, 0.3) is 0 Å². The van der Waals surface area contributed by atoms with Crippen LogP contribution in [0.5, 0.6) is 5.88 Å². The first-order valence-electron chi connectivity index (χ1n) is 10.7. The highest BCUT2D eigenvalue weighted by molar-refractivity contribution is 5.93. The molecule has 0 aliphatic carbocycles. The molecular weight excluding hydrogens is 408 g/mol. The van der Waals surface area contributed by atoms with Crippen molar-refractivity contribution >= 4 is 5.91 Å². The summed E-state index contributed by atoms with van der Waals surface area (Å²) in [4.78, 5) is 17.2. The molecule has 4 rings (SSSR count). The monoisotopic (exact) mass is 436 g/mol. The summed E-state index contributed by atoms with van der Waals surface area (Å²) in [7, 11) is 1.55. The first-order valence-corrected chi connectivity index (χ1v) is 10.7. The summed E-state index contributed by atoms with van der Waals surface area (Å²) in [6.07, 6.45) is 4.22. The van der Waals surface area contributed by atoms with Crippen LogP contribution in [0.2, 0.25) is 0 Å². The van der Waals surface area contributed by atoms with Crippen LogP contribution in [-0.2, 0) is 17.7 Å². The van der Waals surface area contributed by atoms with Crippen LogP contribution in [0.4, 0.5) is 0 Å². The van der Waals surface area contributed by atoms with Crippen molar-refractivity contribution in [1.82, 2.24) is 20.1 Å². The summed E-state index contributed by atoms with van der Waals surface area (Å²) in [6.45, 7) is 3.44. The molecule has 0 saturated carbocycles. The fourth-order valence-corrected chi connectivity index (χ4v) is 3.81. The van der Waals surface area contributed by atoms with Crippen LogP contribution >= 0.6 is 0 Å². The average Bonchev–Trinajstić information content (AvgIpc) is 3.31. The van der Waals surface area contributed by atoms with E-state index in [4.69, 9.17) is 9.47 Å². The second-order valence-electron chi connectivity index (χ2n) is 8.01. The molecule has 1 aliphatic rings. The second-order valence-corrected chi connectivity index (χ2v) is 8.01. The number of methoxy groups -OCH3 is 1. The molecule has 1 aliphatic heterocycles. The molecule has 0 unspecified atom stereocenters. The van der Waals surface area contributed by atoms with E-state index in [-0.39, 0.29) is 18.2 Å². The Bertz CT molecular complexity index is 1050. The van der Waals surface area contributed by atoms with Gasteiger partial charge in [-0.2, -0.15) is 5.10 Å². The topological polar surface area (TPSA) is 98.5 Å². The Labute approximate surface area is 187 Å². The van der Waals surface area contributed by atoms with Gasteiger partial charge in [-0.3, -0.25) is 9.48 Å². The van der Waals surface area contributed by atoms with E-state index in [1.165, 1.54) is 0 Å². The molecule has 32 heavy (non-hydrogen) atoms. The Morgan fingerprint density at radius 2 is 2.09 bits per heavy atom. The van der Waals surface area contributed by atoms with E-state index < -0.39 is 12.1 Å². The third kappa shape index (κ3) is 5.15. The summed E-state index contributed by atoms with van der Waals surface area (Å²) in [5.41, 5.74) is 4.39. The van der Waals surface area contributed by atoms with Gasteiger partial charge in [0.05, 0.1) is 32.4 Å². The minimum atomic E-state index is -0.625. The van der Waals surface area contributed by atoms with Crippen molar-refractivity contribution in [3.63, 3.8) is 0 Å². The van der Waals surface area contributed by atoms with Crippen molar-refractivity contribution in [2.24, 2.45) is 0 Å². The van der Waals surface area contributed by atoms with Gasteiger partial charge in [0.25, 0.3) is 5.91 Å². The fourth-order valence-electron chi connectivity index (χ4n) is 3.81. The Kier molecular flexibility index (Phi) is 6.82. The van der Waals surface area contributed by atoms with Gasteiger partial charge >= 0.3 is 0 Å². The first-order chi connectivity index (χ1) is 15.5. The highest BCUT2D eigenvalue weighted by Gasteiger charge is 2.26. The zero-order chi connectivity index (χ0) is 22.5. The molecule has 1 saturated heterocycles. The molecule has 0 bridgehead atoms. The molecule has 3 heterocycles. The van der Waals surface area contributed by atoms with E-state index in [9.17, 15) is 9.90 Å². The lowest BCUT2D eigenvalue weighted by molar-refractivity contribution is -0.0140. The van der Waals surface area contributed by atoms with Crippen LogP contribution in [0, 0.1) is 6.92 Å². The number of nitrogens with zero attached hydrogens (tertiary/aromatic N) is 3. The largest absolute Gasteiger partial charge is 0.481 e. The third-order valence-corrected chi connectivity index (χ3v) is 5.72. The Morgan fingerprint density at radius 3 is 2.78 bits per heavy atom. The maximum absolute atomic E-state index is 12.8. The molecule has 1 aromatic carbocycles. The summed E-state index contributed by atoms with van der Waals surface area (Å²) in [5.74, 6) is 0.0667. The van der Waals surface area contributed by atoms with Gasteiger partial charge in [0, 0.05) is 24.6 Å². The van der Waals surface area contributed by atoms with Crippen molar-refractivity contribution in [3.8, 4) is 5.88 Å². The van der Waals surface area contributed by atoms with Crippen molar-refractivity contribution in [2.45, 2.75) is 38.5 Å². The van der Waals surface area contributed by atoms with Crippen LogP contribution in [0.3, 0.4) is 0 Å². The van der Waals surface area contributed by atoms with Crippen LogP contribution in [-0.4, -0.2) is 58.2 Å². The van der Waals surface area contributed by atoms with Crippen molar-refractivity contribution < 1.29 is 19.4 Å². The number of hydrogen-bond acceptors (Lipinski definition) is 6. The number of carbonyl (C=O) groups is 1. The molecule has 1 amide bonds. The first kappa shape index (κ1) is 22.0. The Hall–Kier alpha value is -3.23. The van der Waals surface area contributed by atoms with Gasteiger partial charge in [0.1, 0.15) is 5.69 Å². The lowest BCUT2D eigenvalue weighted by atomic mass is 9.99. The number of aliphatic hydroxyl groups is 1. The van der Waals surface area contributed by atoms with Gasteiger partial charge in [0.15, 0.2) is 0 Å². The highest BCUT2D eigenvalue weighted by atomic mass is 16.5. The molecule has 2 N–H and O–H groups in total. The Morgan fingerprint density at radius 1 is 1.31 bits per heavy atom. The highest BCUT2D eigenvalue weighted by Crippen LogP contribution is 2.23. The van der Waals surface area contributed by atoms with Gasteiger partial charge in [-0.05, 0) is 48.6 Å². The van der Waals surface area contributed by atoms with Gasteiger partial charge in [-0.25, -0.2) is 4.98 Å². The zero-order valence-electron chi connectivity index (χ0n) is 18.3. The van der Waals surface area contributed by atoms with Gasteiger partial charge in [-0.1, -0.05) is 24.3 Å². The van der Waals surface area contributed by atoms with E-state index >= 15 is 0 Å². The van der Waals surface area contributed by atoms with Crippen molar-refractivity contribution in [3.05, 3.63) is 76.7 Å². The van der Waals surface area contributed by atoms with Crippen LogP contribution in [0.15, 0.2) is 48.8 Å². The maximum atomic E-state index is 12.8. The Balaban J connectivity index is 1.51. The summed E-state index contributed by atoms with van der Waals surface area (Å²) in [5, 5.41) is 17.2. The predicted octanol–water partition coefficient (Wildman–Crippen LogP) is 2.11. The molecular formula is C24H28N4O4. The fraction of sp³-hybridized carbons (Fsp3) is 0.375. The molecule has 0 radical (unpaired) electrons. The normalized spacial score (nSPS) is 18.3. The number of aromatic nitrogens is 3. The smallest absolute Gasteiger partial charge is 0.270 e. The van der Waals surface area contributed by atoms with Crippen molar-refractivity contribution in [2.75, 3.05) is 20.3 Å².